The van der Waals surface area contributed by atoms with Crippen LogP contribution in [0.2, 0.25) is 0 Å². The third-order valence-electron chi connectivity index (χ3n) is 4.49. The Hall–Kier alpha value is -3.00. The first-order chi connectivity index (χ1) is 13.9. The second kappa shape index (κ2) is 9.00. The maximum Gasteiger partial charge on any atom is 0.329 e. The average Bonchev–Trinajstić information content (AvgIpc) is 3.30. The Morgan fingerprint density at radius 1 is 1.07 bits per heavy atom. The maximum atomic E-state index is 12.7. The number of hydrogen-bond acceptors (Lipinski definition) is 6. The zero-order chi connectivity index (χ0) is 21.0. The lowest BCUT2D eigenvalue weighted by molar-refractivity contribution is -0.152. The standard InChI is InChI=1S/C21H22N2O5S/c1-13(2)10-17(23-19(25)15-7-3-4-8-16(15)20(23)26)21(27)28-12-18(24)22-11-14-6-5-9-29-14/h3-9,13,17H,10-12H2,1-2H3,(H,22,24)/t17-/m0/s1. The number of nitrogens with zero attached hydrogens (tertiary/aromatic N) is 1. The molecule has 7 nitrogen and oxygen atoms in total. The topological polar surface area (TPSA) is 92.8 Å². The minimum atomic E-state index is -1.08. The van der Waals surface area contributed by atoms with Gasteiger partial charge in [-0.1, -0.05) is 32.0 Å². The number of thiophene rings is 1. The molecule has 29 heavy (non-hydrogen) atoms. The lowest BCUT2D eigenvalue weighted by Crippen LogP contribution is -2.47. The third kappa shape index (κ3) is 4.71. The molecule has 1 aliphatic rings. The SMILES string of the molecule is CC(C)C[C@@H](C(=O)OCC(=O)NCc1cccs1)N1C(=O)c2ccccc2C1=O. The molecule has 2 heterocycles. The van der Waals surface area contributed by atoms with Gasteiger partial charge in [0.25, 0.3) is 17.7 Å². The summed E-state index contributed by atoms with van der Waals surface area (Å²) in [5, 5.41) is 4.57. The van der Waals surface area contributed by atoms with Crippen LogP contribution in [0.15, 0.2) is 41.8 Å². The highest BCUT2D eigenvalue weighted by Crippen LogP contribution is 2.27. The minimum Gasteiger partial charge on any atom is -0.454 e. The van der Waals surface area contributed by atoms with Crippen LogP contribution in [0.25, 0.3) is 0 Å². The molecule has 1 aromatic carbocycles. The number of carbonyl (C=O) groups is 4. The summed E-state index contributed by atoms with van der Waals surface area (Å²) in [6, 6.07) is 9.15. The Morgan fingerprint density at radius 2 is 1.72 bits per heavy atom. The van der Waals surface area contributed by atoms with Gasteiger partial charge in [0.05, 0.1) is 17.7 Å². The molecule has 1 aliphatic heterocycles. The number of esters is 1. The van der Waals surface area contributed by atoms with Crippen molar-refractivity contribution in [1.82, 2.24) is 10.2 Å². The number of rotatable bonds is 8. The van der Waals surface area contributed by atoms with E-state index in [4.69, 9.17) is 4.74 Å². The summed E-state index contributed by atoms with van der Waals surface area (Å²) in [4.78, 5) is 52.1. The van der Waals surface area contributed by atoms with Crippen molar-refractivity contribution in [3.8, 4) is 0 Å². The zero-order valence-electron chi connectivity index (χ0n) is 16.2. The molecule has 0 aliphatic carbocycles. The van der Waals surface area contributed by atoms with Crippen LogP contribution in [0.1, 0.15) is 45.9 Å². The Morgan fingerprint density at radius 3 is 2.28 bits per heavy atom. The smallest absolute Gasteiger partial charge is 0.329 e. The van der Waals surface area contributed by atoms with Crippen LogP contribution in [0.5, 0.6) is 0 Å². The molecular formula is C21H22N2O5S. The second-order valence-corrected chi connectivity index (χ2v) is 8.17. The van der Waals surface area contributed by atoms with Gasteiger partial charge in [0, 0.05) is 4.88 Å². The van der Waals surface area contributed by atoms with Gasteiger partial charge < -0.3 is 10.1 Å². The largest absolute Gasteiger partial charge is 0.454 e. The molecule has 0 saturated carbocycles. The maximum absolute atomic E-state index is 12.7. The van der Waals surface area contributed by atoms with E-state index in [1.165, 1.54) is 11.3 Å². The van der Waals surface area contributed by atoms with E-state index in [1.807, 2.05) is 31.4 Å². The van der Waals surface area contributed by atoms with E-state index in [2.05, 4.69) is 5.32 Å². The fraction of sp³-hybridized carbons (Fsp3) is 0.333. The molecule has 1 atom stereocenters. The van der Waals surface area contributed by atoms with Crippen molar-refractivity contribution in [3.05, 3.63) is 57.8 Å². The lowest BCUT2D eigenvalue weighted by atomic mass is 10.0. The van der Waals surface area contributed by atoms with Crippen molar-refractivity contribution in [2.75, 3.05) is 6.61 Å². The predicted octanol–water partition coefficient (Wildman–Crippen LogP) is 2.62. The van der Waals surface area contributed by atoms with Gasteiger partial charge in [0.2, 0.25) is 0 Å². The van der Waals surface area contributed by atoms with Gasteiger partial charge in [-0.2, -0.15) is 0 Å². The number of nitrogens with one attached hydrogen (secondary N) is 1. The van der Waals surface area contributed by atoms with Crippen molar-refractivity contribution in [1.29, 1.82) is 0 Å². The van der Waals surface area contributed by atoms with E-state index in [0.717, 1.165) is 9.78 Å². The monoisotopic (exact) mass is 414 g/mol. The van der Waals surface area contributed by atoms with Crippen molar-refractivity contribution < 1.29 is 23.9 Å². The average molecular weight is 414 g/mol. The molecule has 8 heteroatoms. The molecule has 0 unspecified atom stereocenters. The molecule has 3 amide bonds. The molecule has 3 rings (SSSR count). The van der Waals surface area contributed by atoms with Crippen LogP contribution >= 0.6 is 11.3 Å². The molecule has 0 spiro atoms. The number of fused-ring (bicyclic) bond motifs is 1. The normalized spacial score (nSPS) is 14.1. The van der Waals surface area contributed by atoms with Crippen molar-refractivity contribution >= 4 is 35.0 Å². The number of ether oxygens (including phenoxy) is 1. The highest BCUT2D eigenvalue weighted by Gasteiger charge is 2.43. The van der Waals surface area contributed by atoms with Crippen LogP contribution in [-0.2, 0) is 20.9 Å². The van der Waals surface area contributed by atoms with Crippen LogP contribution in [0.3, 0.4) is 0 Å². The Balaban J connectivity index is 1.65. The Labute approximate surface area is 172 Å². The summed E-state index contributed by atoms with van der Waals surface area (Å²) in [7, 11) is 0. The molecule has 2 aromatic rings. The van der Waals surface area contributed by atoms with E-state index >= 15 is 0 Å². The number of carbonyl (C=O) groups excluding carboxylic acids is 4. The summed E-state index contributed by atoms with van der Waals surface area (Å²) in [6.07, 6.45) is 0.251. The molecule has 1 aromatic heterocycles. The van der Waals surface area contributed by atoms with Crippen LogP contribution in [-0.4, -0.2) is 41.2 Å². The Kier molecular flexibility index (Phi) is 6.43. The van der Waals surface area contributed by atoms with E-state index < -0.39 is 36.3 Å². The highest BCUT2D eigenvalue weighted by atomic mass is 32.1. The first-order valence-corrected chi connectivity index (χ1v) is 10.2. The summed E-state index contributed by atoms with van der Waals surface area (Å²) in [5.41, 5.74) is 0.542. The first kappa shape index (κ1) is 20.7. The third-order valence-corrected chi connectivity index (χ3v) is 5.37. The van der Waals surface area contributed by atoms with E-state index in [-0.39, 0.29) is 23.5 Å². The molecule has 0 radical (unpaired) electrons. The summed E-state index contributed by atoms with van der Waals surface area (Å²) in [5.74, 6) is -2.22. The molecule has 0 bridgehead atoms. The molecule has 1 N–H and O–H groups in total. The summed E-state index contributed by atoms with van der Waals surface area (Å²) in [6.45, 7) is 3.64. The van der Waals surface area contributed by atoms with Gasteiger partial charge in [0.1, 0.15) is 6.04 Å². The molecular weight excluding hydrogens is 392 g/mol. The van der Waals surface area contributed by atoms with Gasteiger partial charge >= 0.3 is 5.97 Å². The van der Waals surface area contributed by atoms with Crippen molar-refractivity contribution in [2.24, 2.45) is 5.92 Å². The van der Waals surface area contributed by atoms with E-state index in [9.17, 15) is 19.2 Å². The van der Waals surface area contributed by atoms with Crippen molar-refractivity contribution in [2.45, 2.75) is 32.9 Å². The number of hydrogen-bond donors (Lipinski definition) is 1. The van der Waals surface area contributed by atoms with Crippen LogP contribution in [0, 0.1) is 5.92 Å². The number of benzene rings is 1. The quantitative estimate of drug-likeness (QED) is 0.529. The first-order valence-electron chi connectivity index (χ1n) is 9.31. The van der Waals surface area contributed by atoms with Crippen LogP contribution in [0.4, 0.5) is 0 Å². The minimum absolute atomic E-state index is 0.0320. The van der Waals surface area contributed by atoms with E-state index in [0.29, 0.717) is 6.54 Å². The van der Waals surface area contributed by atoms with Gasteiger partial charge in [-0.15, -0.1) is 11.3 Å². The predicted molar refractivity (Wildman–Crippen MR) is 107 cm³/mol. The Bertz CT molecular complexity index is 888. The van der Waals surface area contributed by atoms with Gasteiger partial charge in [-0.25, -0.2) is 4.79 Å². The zero-order valence-corrected chi connectivity index (χ0v) is 17.0. The van der Waals surface area contributed by atoms with Gasteiger partial charge in [-0.3, -0.25) is 19.3 Å². The van der Waals surface area contributed by atoms with E-state index in [1.54, 1.807) is 24.3 Å². The highest BCUT2D eigenvalue weighted by molar-refractivity contribution is 7.09. The van der Waals surface area contributed by atoms with Gasteiger partial charge in [0.15, 0.2) is 6.61 Å². The number of amides is 3. The van der Waals surface area contributed by atoms with Crippen LogP contribution < -0.4 is 5.32 Å². The second-order valence-electron chi connectivity index (χ2n) is 7.14. The van der Waals surface area contributed by atoms with Gasteiger partial charge in [-0.05, 0) is 35.9 Å². The van der Waals surface area contributed by atoms with Crippen molar-refractivity contribution in [3.63, 3.8) is 0 Å². The molecule has 0 saturated heterocycles. The molecule has 152 valence electrons. The number of imide groups is 1. The fourth-order valence-electron chi connectivity index (χ4n) is 3.13. The molecule has 0 fully saturated rings. The summed E-state index contributed by atoms with van der Waals surface area (Å²) < 4.78 is 5.15. The lowest BCUT2D eigenvalue weighted by Gasteiger charge is -2.25. The summed E-state index contributed by atoms with van der Waals surface area (Å²) >= 11 is 1.51. The fourth-order valence-corrected chi connectivity index (χ4v) is 3.77.